The fourth-order valence-electron chi connectivity index (χ4n) is 2.68. The summed E-state index contributed by atoms with van der Waals surface area (Å²) >= 11 is 0. The first kappa shape index (κ1) is 38.2. The van der Waals surface area contributed by atoms with Gasteiger partial charge in [0.05, 0.1) is 0 Å². The van der Waals surface area contributed by atoms with Crippen molar-refractivity contribution in [1.82, 2.24) is 15.5 Å². The minimum atomic E-state index is -0.251. The Labute approximate surface area is 204 Å². The average Bonchev–Trinajstić information content (AvgIpc) is 2.80. The van der Waals surface area contributed by atoms with Gasteiger partial charge in [-0.2, -0.15) is 0 Å². The number of hydrogen-bond acceptors (Lipinski definition) is 8. The number of imide groups is 1. The summed E-state index contributed by atoms with van der Waals surface area (Å²) in [6.07, 6.45) is 15.4. The second-order valence-corrected chi connectivity index (χ2v) is 7.10. The van der Waals surface area contributed by atoms with Crippen molar-refractivity contribution in [2.75, 3.05) is 19.6 Å². The molecule has 0 aliphatic rings. The van der Waals surface area contributed by atoms with Crippen LogP contribution in [0.4, 0.5) is 9.59 Å². The fourth-order valence-corrected chi connectivity index (χ4v) is 2.68. The highest BCUT2D eigenvalue weighted by Gasteiger charge is 2.20. The normalized spacial score (nSPS) is 8.44. The first-order chi connectivity index (χ1) is 16.4. The number of isocyanates is 3. The van der Waals surface area contributed by atoms with E-state index in [1.54, 1.807) is 0 Å². The number of urea groups is 2. The van der Waals surface area contributed by atoms with Gasteiger partial charge in [0.1, 0.15) is 0 Å². The fraction of sp³-hybridized carbons (Fsp3) is 0.783. The standard InChI is InChI=1S/C20H41N3O2.3CHNO/c1-4-7-10-13-16-21-19(24)23(18-15-12-9-6-3)20(25)22-17-14-11-8-5-2;3*2-1-3/h4-18H2,1-3H3,(H,21,24)(H,22,25);3*2H. The molecule has 0 aromatic heterocycles. The Hall–Kier alpha value is -3.12. The van der Waals surface area contributed by atoms with E-state index in [1.165, 1.54) is 30.6 Å². The molecular formula is C23H44N6O5. The predicted molar refractivity (Wildman–Crippen MR) is 131 cm³/mol. The van der Waals surface area contributed by atoms with E-state index in [2.05, 4.69) is 31.4 Å². The summed E-state index contributed by atoms with van der Waals surface area (Å²) in [5, 5.41) is 22.0. The van der Waals surface area contributed by atoms with Crippen molar-refractivity contribution >= 4 is 30.3 Å². The van der Waals surface area contributed by atoms with Gasteiger partial charge in [-0.05, 0) is 19.3 Å². The molecule has 0 aliphatic carbocycles. The average molecular weight is 485 g/mol. The zero-order valence-electron chi connectivity index (χ0n) is 21.1. The van der Waals surface area contributed by atoms with Crippen molar-refractivity contribution in [3.05, 3.63) is 0 Å². The lowest BCUT2D eigenvalue weighted by molar-refractivity contribution is 0.184. The first-order valence-corrected chi connectivity index (χ1v) is 11.9. The molecule has 11 heteroatoms. The van der Waals surface area contributed by atoms with Gasteiger partial charge in [0.25, 0.3) is 0 Å². The van der Waals surface area contributed by atoms with Gasteiger partial charge in [-0.3, -0.25) is 0 Å². The van der Waals surface area contributed by atoms with Crippen LogP contribution in [-0.2, 0) is 14.4 Å². The SMILES string of the molecule is CCCCCCNC(=O)N(CCCCCC)C(=O)NCCCCCC.N=C=O.N=C=O.N=C=O. The molecule has 34 heavy (non-hydrogen) atoms. The van der Waals surface area contributed by atoms with E-state index in [0.29, 0.717) is 19.6 Å². The van der Waals surface area contributed by atoms with Crippen molar-refractivity contribution < 1.29 is 24.0 Å². The molecular weight excluding hydrogens is 440 g/mol. The Morgan fingerprint density at radius 3 is 1.18 bits per heavy atom. The second-order valence-electron chi connectivity index (χ2n) is 7.10. The maximum atomic E-state index is 12.4. The molecule has 4 amide bonds. The van der Waals surface area contributed by atoms with E-state index >= 15 is 0 Å². The lowest BCUT2D eigenvalue weighted by atomic mass is 10.2. The molecule has 0 radical (unpaired) electrons. The third-order valence-electron chi connectivity index (χ3n) is 4.34. The van der Waals surface area contributed by atoms with Crippen molar-refractivity contribution in [2.24, 2.45) is 0 Å². The van der Waals surface area contributed by atoms with Crippen molar-refractivity contribution in [1.29, 1.82) is 16.2 Å². The molecule has 196 valence electrons. The molecule has 0 bridgehead atoms. The monoisotopic (exact) mass is 484 g/mol. The number of unbranched alkanes of at least 4 members (excludes halogenated alkanes) is 9. The summed E-state index contributed by atoms with van der Waals surface area (Å²) in [5.41, 5.74) is 0. The zero-order valence-corrected chi connectivity index (χ0v) is 21.1. The van der Waals surface area contributed by atoms with Crippen LogP contribution in [0.3, 0.4) is 0 Å². The lowest BCUT2D eigenvalue weighted by Gasteiger charge is -2.22. The van der Waals surface area contributed by atoms with E-state index in [1.807, 2.05) is 0 Å². The van der Waals surface area contributed by atoms with Crippen LogP contribution in [0.1, 0.15) is 97.8 Å². The van der Waals surface area contributed by atoms with Gasteiger partial charge in [0, 0.05) is 19.6 Å². The van der Waals surface area contributed by atoms with Crippen molar-refractivity contribution in [3.8, 4) is 0 Å². The first-order valence-electron chi connectivity index (χ1n) is 11.9. The lowest BCUT2D eigenvalue weighted by Crippen LogP contribution is -2.49. The number of carbonyl (C=O) groups is 2. The molecule has 11 nitrogen and oxygen atoms in total. The van der Waals surface area contributed by atoms with Gasteiger partial charge in [0.2, 0.25) is 18.2 Å². The number of nitrogens with one attached hydrogen (secondary N) is 5. The van der Waals surface area contributed by atoms with E-state index in [9.17, 15) is 9.59 Å². The molecule has 0 rings (SSSR count). The van der Waals surface area contributed by atoms with Crippen LogP contribution in [0.25, 0.3) is 0 Å². The molecule has 0 saturated carbocycles. The second kappa shape index (κ2) is 37.2. The Morgan fingerprint density at radius 1 is 0.588 bits per heavy atom. The maximum absolute atomic E-state index is 12.4. The molecule has 0 fully saturated rings. The molecule has 0 aliphatic heterocycles. The Bertz CT molecular complexity index is 514. The zero-order chi connectivity index (χ0) is 26.9. The third kappa shape index (κ3) is 36.3. The minimum Gasteiger partial charge on any atom is -0.338 e. The summed E-state index contributed by atoms with van der Waals surface area (Å²) < 4.78 is 0. The highest BCUT2D eigenvalue weighted by molar-refractivity contribution is 5.93. The predicted octanol–water partition coefficient (Wildman–Crippen LogP) is 5.15. The van der Waals surface area contributed by atoms with Crippen molar-refractivity contribution in [3.63, 3.8) is 0 Å². The minimum absolute atomic E-state index is 0.251. The van der Waals surface area contributed by atoms with Gasteiger partial charge in [-0.25, -0.2) is 45.1 Å². The van der Waals surface area contributed by atoms with Gasteiger partial charge in [-0.15, -0.1) is 0 Å². The van der Waals surface area contributed by atoms with Crippen LogP contribution in [0, 0.1) is 16.2 Å². The van der Waals surface area contributed by atoms with Crippen LogP contribution < -0.4 is 10.6 Å². The van der Waals surface area contributed by atoms with E-state index in [4.69, 9.17) is 30.6 Å². The maximum Gasteiger partial charge on any atom is 0.325 e. The van der Waals surface area contributed by atoms with Crippen LogP contribution >= 0.6 is 0 Å². The summed E-state index contributed by atoms with van der Waals surface area (Å²) in [7, 11) is 0. The van der Waals surface area contributed by atoms with Crippen LogP contribution in [-0.4, -0.2) is 54.8 Å². The molecule has 0 aromatic rings. The quantitative estimate of drug-likeness (QED) is 0.122. The molecule has 0 aromatic carbocycles. The molecule has 0 unspecified atom stereocenters. The topological polar surface area (TPSA) is 184 Å². The van der Waals surface area contributed by atoms with Gasteiger partial charge < -0.3 is 10.6 Å². The van der Waals surface area contributed by atoms with Gasteiger partial charge in [-0.1, -0.05) is 78.6 Å². The molecule has 0 heterocycles. The third-order valence-corrected chi connectivity index (χ3v) is 4.34. The van der Waals surface area contributed by atoms with E-state index in [-0.39, 0.29) is 12.1 Å². The van der Waals surface area contributed by atoms with Crippen LogP contribution in [0.5, 0.6) is 0 Å². The number of amides is 4. The molecule has 5 N–H and O–H groups in total. The number of nitrogens with zero attached hydrogens (tertiary/aromatic N) is 1. The summed E-state index contributed by atoms with van der Waals surface area (Å²) in [4.78, 5) is 51.1. The Balaban J connectivity index is -0.000000429. The van der Waals surface area contributed by atoms with Gasteiger partial charge in [0.15, 0.2) is 0 Å². The van der Waals surface area contributed by atoms with E-state index < -0.39 is 0 Å². The number of hydrogen-bond donors (Lipinski definition) is 5. The van der Waals surface area contributed by atoms with Crippen LogP contribution in [0.15, 0.2) is 0 Å². The van der Waals surface area contributed by atoms with Crippen LogP contribution in [0.2, 0.25) is 0 Å². The highest BCUT2D eigenvalue weighted by Crippen LogP contribution is 2.04. The summed E-state index contributed by atoms with van der Waals surface area (Å²) in [6.45, 7) is 8.29. The van der Waals surface area contributed by atoms with Crippen molar-refractivity contribution in [2.45, 2.75) is 97.8 Å². The number of rotatable bonds is 15. The smallest absolute Gasteiger partial charge is 0.325 e. The summed E-state index contributed by atoms with van der Waals surface area (Å²) in [6, 6.07) is -0.502. The molecule has 0 saturated heterocycles. The molecule has 0 atom stereocenters. The summed E-state index contributed by atoms with van der Waals surface area (Å²) in [5.74, 6) is 0. The Kier molecular flexibility index (Phi) is 41.8. The largest absolute Gasteiger partial charge is 0.338 e. The number of carbonyl (C=O) groups excluding carboxylic acids is 5. The highest BCUT2D eigenvalue weighted by atomic mass is 16.2. The Morgan fingerprint density at radius 2 is 0.882 bits per heavy atom. The van der Waals surface area contributed by atoms with Gasteiger partial charge >= 0.3 is 12.1 Å². The molecule has 0 spiro atoms. The van der Waals surface area contributed by atoms with E-state index in [0.717, 1.165) is 69.6 Å².